The molecule has 0 aliphatic heterocycles. The molecule has 0 rings (SSSR count). The predicted molar refractivity (Wildman–Crippen MR) is 45.7 cm³/mol. The van der Waals surface area contributed by atoms with E-state index >= 15 is 0 Å². The first-order chi connectivity index (χ1) is 5.37. The van der Waals surface area contributed by atoms with Gasteiger partial charge < -0.3 is 5.11 Å². The van der Waals surface area contributed by atoms with Gasteiger partial charge in [-0.2, -0.15) is 0 Å². The average molecular weight is 172 g/mol. The first-order valence-corrected chi connectivity index (χ1v) is 4.13. The quantitative estimate of drug-likeness (QED) is 0.638. The maximum atomic E-state index is 11.1. The number of Topliss-reactive ketones (excluding diaryl/α,β-unsaturated/α-hetero) is 2. The zero-order chi connectivity index (χ0) is 9.89. The van der Waals surface area contributed by atoms with E-state index in [1.807, 2.05) is 0 Å². The topological polar surface area (TPSA) is 54.4 Å². The number of carbonyl (C=O) groups excluding carboxylic acids is 2. The second-order valence-corrected chi connectivity index (χ2v) is 3.52. The smallest absolute Gasteiger partial charge is 0.171 e. The molecule has 0 atom stereocenters. The van der Waals surface area contributed by atoms with Gasteiger partial charge in [-0.25, -0.2) is 0 Å². The van der Waals surface area contributed by atoms with E-state index in [0.29, 0.717) is 0 Å². The van der Waals surface area contributed by atoms with Crippen molar-refractivity contribution in [3.63, 3.8) is 0 Å². The molecular formula is C9H16O3. The first-order valence-electron chi connectivity index (χ1n) is 4.13. The highest BCUT2D eigenvalue weighted by Crippen LogP contribution is 2.05. The third-order valence-electron chi connectivity index (χ3n) is 1.68. The van der Waals surface area contributed by atoms with Crippen molar-refractivity contribution in [2.45, 2.75) is 33.8 Å². The summed E-state index contributed by atoms with van der Waals surface area (Å²) in [5, 5.41) is 9.23. The Morgan fingerprint density at radius 2 is 1.17 bits per heavy atom. The van der Waals surface area contributed by atoms with E-state index in [-0.39, 0.29) is 11.8 Å². The predicted octanol–water partition coefficient (Wildman–Crippen LogP) is 0.797. The summed E-state index contributed by atoms with van der Waals surface area (Å²) < 4.78 is 0. The fourth-order valence-electron chi connectivity index (χ4n) is 0.772. The molecule has 0 heterocycles. The third-order valence-corrected chi connectivity index (χ3v) is 1.68. The minimum absolute atomic E-state index is 0.289. The molecule has 0 aromatic carbocycles. The van der Waals surface area contributed by atoms with Crippen LogP contribution in [0.25, 0.3) is 0 Å². The minimum Gasteiger partial charge on any atom is -0.378 e. The van der Waals surface area contributed by atoms with Crippen molar-refractivity contribution in [2.75, 3.05) is 0 Å². The third kappa shape index (κ3) is 2.74. The molecule has 0 unspecified atom stereocenters. The zero-order valence-corrected chi connectivity index (χ0v) is 8.00. The number of hydrogen-bond acceptors (Lipinski definition) is 3. The van der Waals surface area contributed by atoms with Crippen molar-refractivity contribution in [3.8, 4) is 0 Å². The number of carbonyl (C=O) groups is 2. The summed E-state index contributed by atoms with van der Waals surface area (Å²) >= 11 is 0. The van der Waals surface area contributed by atoms with Crippen LogP contribution in [-0.2, 0) is 9.59 Å². The van der Waals surface area contributed by atoms with Gasteiger partial charge in [-0.15, -0.1) is 0 Å². The van der Waals surface area contributed by atoms with Crippen molar-refractivity contribution in [1.29, 1.82) is 0 Å². The molecule has 0 saturated carbocycles. The second-order valence-electron chi connectivity index (χ2n) is 3.52. The molecule has 0 aromatic rings. The highest BCUT2D eigenvalue weighted by atomic mass is 16.3. The van der Waals surface area contributed by atoms with E-state index in [9.17, 15) is 14.7 Å². The Labute approximate surface area is 72.8 Å². The molecule has 0 aliphatic carbocycles. The monoisotopic (exact) mass is 172 g/mol. The molecule has 12 heavy (non-hydrogen) atoms. The van der Waals surface area contributed by atoms with Gasteiger partial charge >= 0.3 is 0 Å². The van der Waals surface area contributed by atoms with Gasteiger partial charge in [-0.05, 0) is 0 Å². The maximum Gasteiger partial charge on any atom is 0.171 e. The highest BCUT2D eigenvalue weighted by Gasteiger charge is 2.27. The Hall–Kier alpha value is -0.700. The van der Waals surface area contributed by atoms with Crippen LogP contribution in [0.5, 0.6) is 0 Å². The summed E-state index contributed by atoms with van der Waals surface area (Å²) in [7, 11) is 0. The molecule has 70 valence electrons. The Morgan fingerprint density at radius 3 is 1.33 bits per heavy atom. The maximum absolute atomic E-state index is 11.1. The lowest BCUT2D eigenvalue weighted by atomic mass is 9.95. The lowest BCUT2D eigenvalue weighted by molar-refractivity contribution is -0.142. The molecule has 0 spiro atoms. The van der Waals surface area contributed by atoms with Crippen molar-refractivity contribution >= 4 is 11.6 Å². The lowest BCUT2D eigenvalue weighted by Crippen LogP contribution is -2.35. The molecule has 0 fully saturated rings. The summed E-state index contributed by atoms with van der Waals surface area (Å²) in [6.45, 7) is 6.66. The van der Waals surface area contributed by atoms with Crippen LogP contribution in [0.4, 0.5) is 0 Å². The summed E-state index contributed by atoms with van der Waals surface area (Å²) in [6.07, 6.45) is -1.43. The molecule has 0 aliphatic rings. The van der Waals surface area contributed by atoms with Crippen LogP contribution < -0.4 is 0 Å². The molecule has 0 aromatic heterocycles. The Morgan fingerprint density at radius 1 is 0.917 bits per heavy atom. The van der Waals surface area contributed by atoms with Crippen molar-refractivity contribution in [3.05, 3.63) is 0 Å². The van der Waals surface area contributed by atoms with Gasteiger partial charge in [0.1, 0.15) is 0 Å². The summed E-state index contributed by atoms with van der Waals surface area (Å²) in [5.41, 5.74) is 0. The molecule has 0 saturated heterocycles. The Kier molecular flexibility index (Phi) is 4.10. The van der Waals surface area contributed by atoms with E-state index in [1.54, 1.807) is 27.7 Å². The zero-order valence-electron chi connectivity index (χ0n) is 8.00. The Balaban J connectivity index is 4.30. The van der Waals surface area contributed by atoms with Gasteiger partial charge in [-0.3, -0.25) is 9.59 Å². The van der Waals surface area contributed by atoms with E-state index in [1.165, 1.54) is 0 Å². The van der Waals surface area contributed by atoms with E-state index < -0.39 is 17.7 Å². The molecule has 0 amide bonds. The SMILES string of the molecule is CC(C)C(=O)C(O)C(=O)C(C)C. The number of rotatable bonds is 4. The first kappa shape index (κ1) is 11.3. The Bertz CT molecular complexity index is 162. The molecular weight excluding hydrogens is 156 g/mol. The number of aliphatic hydroxyl groups is 1. The summed E-state index contributed by atoms with van der Waals surface area (Å²) in [4.78, 5) is 22.2. The van der Waals surface area contributed by atoms with E-state index in [2.05, 4.69) is 0 Å². The number of aliphatic hydroxyl groups excluding tert-OH is 1. The van der Waals surface area contributed by atoms with Gasteiger partial charge in [-0.1, -0.05) is 27.7 Å². The molecule has 0 bridgehead atoms. The van der Waals surface area contributed by atoms with Gasteiger partial charge in [0.25, 0.3) is 0 Å². The fraction of sp³-hybridized carbons (Fsp3) is 0.778. The van der Waals surface area contributed by atoms with Gasteiger partial charge in [0.2, 0.25) is 0 Å². The van der Waals surface area contributed by atoms with Gasteiger partial charge in [0, 0.05) is 11.8 Å². The van der Waals surface area contributed by atoms with Crippen LogP contribution in [0.2, 0.25) is 0 Å². The normalized spacial score (nSPS) is 11.3. The average Bonchev–Trinajstić information content (AvgIpc) is 2.00. The standard InChI is InChI=1S/C9H16O3/c1-5(2)7(10)9(12)8(11)6(3)4/h5-6,9,12H,1-4H3. The van der Waals surface area contributed by atoms with E-state index in [4.69, 9.17) is 0 Å². The number of ketones is 2. The summed E-state index contributed by atoms with van der Waals surface area (Å²) in [5.74, 6) is -1.37. The molecule has 1 N–H and O–H groups in total. The van der Waals surface area contributed by atoms with Gasteiger partial charge in [0.05, 0.1) is 0 Å². The van der Waals surface area contributed by atoms with Crippen LogP contribution in [0.1, 0.15) is 27.7 Å². The minimum atomic E-state index is -1.43. The van der Waals surface area contributed by atoms with Crippen molar-refractivity contribution in [2.24, 2.45) is 11.8 Å². The van der Waals surface area contributed by atoms with Crippen LogP contribution >= 0.6 is 0 Å². The van der Waals surface area contributed by atoms with Crippen LogP contribution in [0, 0.1) is 11.8 Å². The fourth-order valence-corrected chi connectivity index (χ4v) is 0.772. The van der Waals surface area contributed by atoms with Crippen LogP contribution in [-0.4, -0.2) is 22.8 Å². The molecule has 3 heteroatoms. The number of hydrogen-bond donors (Lipinski definition) is 1. The highest BCUT2D eigenvalue weighted by molar-refractivity contribution is 6.06. The van der Waals surface area contributed by atoms with Crippen LogP contribution in [0.3, 0.4) is 0 Å². The lowest BCUT2D eigenvalue weighted by Gasteiger charge is -2.12. The van der Waals surface area contributed by atoms with Crippen molar-refractivity contribution in [1.82, 2.24) is 0 Å². The summed E-state index contributed by atoms with van der Waals surface area (Å²) in [6, 6.07) is 0. The van der Waals surface area contributed by atoms with E-state index in [0.717, 1.165) is 0 Å². The molecule has 3 nitrogen and oxygen atoms in total. The second kappa shape index (κ2) is 4.36. The van der Waals surface area contributed by atoms with Gasteiger partial charge in [0.15, 0.2) is 17.7 Å². The van der Waals surface area contributed by atoms with Crippen molar-refractivity contribution < 1.29 is 14.7 Å². The largest absolute Gasteiger partial charge is 0.378 e. The van der Waals surface area contributed by atoms with Crippen LogP contribution in [0.15, 0.2) is 0 Å². The molecule has 0 radical (unpaired) electrons.